The van der Waals surface area contributed by atoms with Gasteiger partial charge in [0.1, 0.15) is 5.82 Å². The van der Waals surface area contributed by atoms with Crippen LogP contribution < -0.4 is 14.2 Å². The van der Waals surface area contributed by atoms with Crippen molar-refractivity contribution in [2.24, 2.45) is 4.99 Å². The molecule has 0 saturated carbocycles. The van der Waals surface area contributed by atoms with Crippen LogP contribution in [0, 0.1) is 5.82 Å². The lowest BCUT2D eigenvalue weighted by molar-refractivity contribution is -0.129. The lowest BCUT2D eigenvalue weighted by atomic mass is 10.1. The molecule has 0 fully saturated rings. The maximum atomic E-state index is 13.4. The number of esters is 1. The number of nitrogens with zero attached hydrogens (tertiary/aromatic N) is 1. The zero-order valence-electron chi connectivity index (χ0n) is 14.7. The van der Waals surface area contributed by atoms with Gasteiger partial charge in [0.2, 0.25) is 11.6 Å². The Bertz CT molecular complexity index is 946. The average molecular weight is 436 g/mol. The highest BCUT2D eigenvalue weighted by Crippen LogP contribution is 2.39. The van der Waals surface area contributed by atoms with E-state index in [-0.39, 0.29) is 16.1 Å². The summed E-state index contributed by atoms with van der Waals surface area (Å²) in [7, 11) is 4.47. The highest BCUT2D eigenvalue weighted by molar-refractivity contribution is 9.10. The van der Waals surface area contributed by atoms with Crippen molar-refractivity contribution in [3.8, 4) is 17.2 Å². The van der Waals surface area contributed by atoms with Crippen LogP contribution in [-0.2, 0) is 9.53 Å². The number of hydrogen-bond donors (Lipinski definition) is 0. The van der Waals surface area contributed by atoms with E-state index in [0.29, 0.717) is 28.4 Å². The van der Waals surface area contributed by atoms with Crippen molar-refractivity contribution >= 4 is 33.9 Å². The Balaban J connectivity index is 2.01. The van der Waals surface area contributed by atoms with E-state index >= 15 is 0 Å². The van der Waals surface area contributed by atoms with E-state index in [2.05, 4.69) is 20.9 Å². The Morgan fingerprint density at radius 1 is 1.07 bits per heavy atom. The fourth-order valence-electron chi connectivity index (χ4n) is 2.50. The van der Waals surface area contributed by atoms with Gasteiger partial charge in [-0.1, -0.05) is 6.07 Å². The van der Waals surface area contributed by atoms with Crippen LogP contribution >= 0.6 is 15.9 Å². The van der Waals surface area contributed by atoms with E-state index in [0.717, 1.165) is 0 Å². The van der Waals surface area contributed by atoms with Crippen molar-refractivity contribution in [1.29, 1.82) is 0 Å². The van der Waals surface area contributed by atoms with Crippen LogP contribution in [0.25, 0.3) is 6.08 Å². The van der Waals surface area contributed by atoms with Gasteiger partial charge >= 0.3 is 5.97 Å². The molecule has 0 N–H and O–H groups in total. The first-order valence-corrected chi connectivity index (χ1v) is 8.54. The summed E-state index contributed by atoms with van der Waals surface area (Å²) in [6.45, 7) is 0. The monoisotopic (exact) mass is 435 g/mol. The Morgan fingerprint density at radius 2 is 1.74 bits per heavy atom. The Labute approximate surface area is 163 Å². The molecule has 0 unspecified atom stereocenters. The second kappa shape index (κ2) is 7.79. The van der Waals surface area contributed by atoms with Gasteiger partial charge in [-0.15, -0.1) is 0 Å². The molecule has 8 heteroatoms. The van der Waals surface area contributed by atoms with Crippen LogP contribution in [0.3, 0.4) is 0 Å². The molecule has 2 aromatic rings. The number of methoxy groups -OCH3 is 3. The van der Waals surface area contributed by atoms with Crippen LogP contribution in [0.4, 0.5) is 4.39 Å². The van der Waals surface area contributed by atoms with Crippen LogP contribution in [0.15, 0.2) is 45.5 Å². The second-order valence-corrected chi connectivity index (χ2v) is 6.28. The minimum atomic E-state index is -0.612. The summed E-state index contributed by atoms with van der Waals surface area (Å²) in [5.41, 5.74) is 1.18. The summed E-state index contributed by atoms with van der Waals surface area (Å²) in [6.07, 6.45) is 1.51. The predicted octanol–water partition coefficient (Wildman–Crippen LogP) is 3.96. The molecule has 2 aromatic carbocycles. The molecule has 0 saturated heterocycles. The van der Waals surface area contributed by atoms with Crippen LogP contribution in [0.2, 0.25) is 0 Å². The largest absolute Gasteiger partial charge is 0.493 e. The number of carbonyl (C=O) groups excluding carboxylic acids is 1. The molecule has 0 atom stereocenters. The van der Waals surface area contributed by atoms with Crippen LogP contribution in [0.1, 0.15) is 11.1 Å². The zero-order chi connectivity index (χ0) is 19.6. The van der Waals surface area contributed by atoms with E-state index in [1.165, 1.54) is 39.5 Å². The van der Waals surface area contributed by atoms with Crippen LogP contribution in [0.5, 0.6) is 17.2 Å². The molecule has 0 radical (unpaired) electrons. The molecule has 27 heavy (non-hydrogen) atoms. The summed E-state index contributed by atoms with van der Waals surface area (Å²) in [5.74, 6) is 0.329. The molecule has 140 valence electrons. The molecule has 3 rings (SSSR count). The number of hydrogen-bond acceptors (Lipinski definition) is 6. The number of benzene rings is 2. The Morgan fingerprint density at radius 3 is 2.30 bits per heavy atom. The van der Waals surface area contributed by atoms with E-state index in [1.807, 2.05) is 0 Å². The third kappa shape index (κ3) is 3.80. The Hall–Kier alpha value is -2.87. The average Bonchev–Trinajstić information content (AvgIpc) is 3.03. The van der Waals surface area contributed by atoms with Crippen molar-refractivity contribution in [3.63, 3.8) is 0 Å². The second-order valence-electron chi connectivity index (χ2n) is 5.42. The zero-order valence-corrected chi connectivity index (χ0v) is 16.3. The standard InChI is InChI=1S/C19H15BrFNO5/c1-24-15-8-11(9-16(25-2)17(15)26-3)18-22-14(19(23)27-18)7-10-4-5-13(21)12(20)6-10/h4-9H,1-3H3/b14-7+. The van der Waals surface area contributed by atoms with E-state index in [9.17, 15) is 9.18 Å². The third-order valence-electron chi connectivity index (χ3n) is 3.78. The molecule has 0 bridgehead atoms. The molecule has 0 aliphatic carbocycles. The summed E-state index contributed by atoms with van der Waals surface area (Å²) >= 11 is 3.11. The molecule has 6 nitrogen and oxygen atoms in total. The molecule has 1 heterocycles. The van der Waals surface area contributed by atoms with Crippen LogP contribution in [-0.4, -0.2) is 33.2 Å². The van der Waals surface area contributed by atoms with Gasteiger partial charge in [-0.2, -0.15) is 0 Å². The van der Waals surface area contributed by atoms with Gasteiger partial charge in [-0.3, -0.25) is 0 Å². The number of aliphatic imine (C=N–C) groups is 1. The Kier molecular flexibility index (Phi) is 5.46. The van der Waals surface area contributed by atoms with Crippen molar-refractivity contribution in [2.75, 3.05) is 21.3 Å². The topological polar surface area (TPSA) is 66.4 Å². The SMILES string of the molecule is COc1cc(C2=N/C(=C/c3ccc(F)c(Br)c3)C(=O)O2)cc(OC)c1OC. The maximum Gasteiger partial charge on any atom is 0.363 e. The van der Waals surface area contributed by atoms with Gasteiger partial charge < -0.3 is 18.9 Å². The summed E-state index contributed by atoms with van der Waals surface area (Å²) in [4.78, 5) is 16.4. The molecular formula is C19H15BrFNO5. The maximum absolute atomic E-state index is 13.4. The lowest BCUT2D eigenvalue weighted by Gasteiger charge is -2.13. The number of cyclic esters (lactones) is 1. The van der Waals surface area contributed by atoms with E-state index in [4.69, 9.17) is 18.9 Å². The summed E-state index contributed by atoms with van der Waals surface area (Å²) in [5, 5.41) is 0. The first-order chi connectivity index (χ1) is 13.0. The van der Waals surface area contributed by atoms with Gasteiger partial charge in [0.05, 0.1) is 25.8 Å². The lowest BCUT2D eigenvalue weighted by Crippen LogP contribution is -2.06. The smallest absolute Gasteiger partial charge is 0.363 e. The molecule has 0 aromatic heterocycles. The van der Waals surface area contributed by atoms with Gasteiger partial charge in [0, 0.05) is 5.56 Å². The van der Waals surface area contributed by atoms with Crippen molar-refractivity contribution in [1.82, 2.24) is 0 Å². The number of rotatable bonds is 5. The molecule has 0 amide bonds. The van der Waals surface area contributed by atoms with Gasteiger partial charge in [0.15, 0.2) is 17.2 Å². The summed E-state index contributed by atoms with van der Waals surface area (Å²) in [6, 6.07) is 7.63. The highest BCUT2D eigenvalue weighted by atomic mass is 79.9. The first-order valence-electron chi connectivity index (χ1n) is 7.74. The minimum absolute atomic E-state index is 0.0947. The number of halogens is 2. The fourth-order valence-corrected chi connectivity index (χ4v) is 2.89. The molecule has 0 spiro atoms. The normalized spacial score (nSPS) is 14.8. The van der Waals surface area contributed by atoms with Gasteiger partial charge in [-0.05, 0) is 51.8 Å². The van der Waals surface area contributed by atoms with Crippen molar-refractivity contribution in [2.45, 2.75) is 0 Å². The number of carbonyl (C=O) groups is 1. The van der Waals surface area contributed by atoms with Gasteiger partial charge in [0.25, 0.3) is 0 Å². The van der Waals surface area contributed by atoms with E-state index in [1.54, 1.807) is 18.2 Å². The predicted molar refractivity (Wildman–Crippen MR) is 101 cm³/mol. The minimum Gasteiger partial charge on any atom is -0.493 e. The molecule has 1 aliphatic heterocycles. The first kappa shape index (κ1) is 18.9. The quantitative estimate of drug-likeness (QED) is 0.525. The van der Waals surface area contributed by atoms with Crippen molar-refractivity contribution in [3.05, 3.63) is 57.4 Å². The highest BCUT2D eigenvalue weighted by Gasteiger charge is 2.26. The summed E-state index contributed by atoms with van der Waals surface area (Å²) < 4.78 is 34.8. The van der Waals surface area contributed by atoms with Crippen molar-refractivity contribution < 1.29 is 28.1 Å². The number of ether oxygens (including phenoxy) is 4. The molecule has 1 aliphatic rings. The van der Waals surface area contributed by atoms with Gasteiger partial charge in [-0.25, -0.2) is 14.2 Å². The fraction of sp³-hybridized carbons (Fsp3) is 0.158. The van der Waals surface area contributed by atoms with E-state index < -0.39 is 11.8 Å². The molecular weight excluding hydrogens is 421 g/mol. The third-order valence-corrected chi connectivity index (χ3v) is 4.39.